The third kappa shape index (κ3) is 29.6. The molecule has 0 spiro atoms. The third-order valence-corrected chi connectivity index (χ3v) is 11.9. The SMILES string of the molecule is CC/C=C/C=C/C=C/C=C/C=C/CCCC(=O)OC(COC(=O)CCCCCCCCCCC/C=C/C/C=C/C/C=C/CCCCC)CO[C@@H]1O[C@H](CO[C@@H]2O[C@H](CO)[C@H](O)C(O)C2O)[C@H](O)C(O)C1O. The van der Waals surface area contributed by atoms with Crippen molar-refractivity contribution in [3.05, 3.63) is 97.2 Å². The Bertz CT molecular complexity index is 1600. The number of hydrogen-bond acceptors (Lipinski definition) is 15. The lowest BCUT2D eigenvalue weighted by Crippen LogP contribution is -2.61. The van der Waals surface area contributed by atoms with E-state index in [1.54, 1.807) is 0 Å². The molecule has 0 bridgehead atoms. The lowest BCUT2D eigenvalue weighted by molar-refractivity contribution is -0.332. The summed E-state index contributed by atoms with van der Waals surface area (Å²) in [6.45, 7) is 2.31. The number of aliphatic hydroxyl groups excluding tert-OH is 7. The number of ether oxygens (including phenoxy) is 6. The van der Waals surface area contributed by atoms with Gasteiger partial charge in [0.15, 0.2) is 18.7 Å². The van der Waals surface area contributed by atoms with Crippen LogP contribution in [0.25, 0.3) is 0 Å². The molecule has 0 aromatic heterocycles. The van der Waals surface area contributed by atoms with Crippen molar-refractivity contribution < 1.29 is 73.8 Å². The predicted octanol–water partition coefficient (Wildman–Crippen LogP) is 7.76. The first kappa shape index (κ1) is 63.5. The molecule has 404 valence electrons. The summed E-state index contributed by atoms with van der Waals surface area (Å²) in [6, 6.07) is 0. The minimum absolute atomic E-state index is 0.0621. The van der Waals surface area contributed by atoms with Crippen molar-refractivity contribution in [3.63, 3.8) is 0 Å². The predicted molar refractivity (Wildman–Crippen MR) is 275 cm³/mol. The Morgan fingerprint density at radius 3 is 1.55 bits per heavy atom. The Morgan fingerprint density at radius 1 is 0.479 bits per heavy atom. The molecule has 2 aliphatic heterocycles. The summed E-state index contributed by atoms with van der Waals surface area (Å²) in [6.07, 6.45) is 35.9. The van der Waals surface area contributed by atoms with Crippen LogP contribution in [0.15, 0.2) is 97.2 Å². The van der Waals surface area contributed by atoms with Crippen LogP contribution in [0.4, 0.5) is 0 Å². The van der Waals surface area contributed by atoms with Gasteiger partial charge in [-0.25, -0.2) is 0 Å². The van der Waals surface area contributed by atoms with Crippen molar-refractivity contribution in [2.75, 3.05) is 26.4 Å². The van der Waals surface area contributed by atoms with E-state index < -0.39 is 99.3 Å². The Hall–Kier alpha value is -3.58. The van der Waals surface area contributed by atoms with Gasteiger partial charge < -0.3 is 64.2 Å². The molecule has 5 unspecified atom stereocenters. The monoisotopic (exact) mass is 1000 g/mol. The number of unbranched alkanes of at least 4 members (excludes halogenated alkanes) is 13. The molecule has 2 fully saturated rings. The first-order valence-corrected chi connectivity index (χ1v) is 26.4. The van der Waals surface area contributed by atoms with Gasteiger partial charge in [0.1, 0.15) is 55.4 Å². The minimum Gasteiger partial charge on any atom is -0.462 e. The molecule has 71 heavy (non-hydrogen) atoms. The maximum absolute atomic E-state index is 13.0. The zero-order chi connectivity index (χ0) is 51.7. The Morgan fingerprint density at radius 2 is 0.958 bits per heavy atom. The Kier molecular flexibility index (Phi) is 37.4. The standard InChI is InChI=1S/C56H90O15/c1-3-5-7-9-11-13-15-17-18-19-20-21-22-23-24-25-27-28-30-32-34-36-38-47(58)66-41-44(69-48(59)39-37-35-33-31-29-26-16-14-12-10-8-6-4-2)42-67-55-54(65)52(63)50(61)46(71-55)43-68-56-53(64)51(62)49(60)45(40-57)70-56/h6,8,10-14,16-18,20-21,26,29,31,33,44-46,49-57,60-65H,3-5,7,9,15,19,22-25,27-28,30,32,34-43H2,1-2H3/b8-6+,12-10+,13-11+,16-14+,18-17+,21-20+,29-26+,33-31+/t44?,45-,46-,49+,50+,51?,52?,53?,54?,55-,56-/m1/s1. The molecule has 0 aliphatic carbocycles. The summed E-state index contributed by atoms with van der Waals surface area (Å²) < 4.78 is 33.5. The van der Waals surface area contributed by atoms with E-state index in [-0.39, 0.29) is 19.4 Å². The van der Waals surface area contributed by atoms with Crippen molar-refractivity contribution in [2.24, 2.45) is 0 Å². The fourth-order valence-electron chi connectivity index (χ4n) is 7.61. The molecule has 0 aromatic rings. The zero-order valence-corrected chi connectivity index (χ0v) is 42.7. The molecule has 0 radical (unpaired) electrons. The summed E-state index contributed by atoms with van der Waals surface area (Å²) >= 11 is 0. The van der Waals surface area contributed by atoms with E-state index in [0.717, 1.165) is 51.4 Å². The summed E-state index contributed by atoms with van der Waals surface area (Å²) in [5.74, 6) is -1.03. The lowest BCUT2D eigenvalue weighted by Gasteiger charge is -2.42. The van der Waals surface area contributed by atoms with Crippen LogP contribution in [0.5, 0.6) is 0 Å². The molecule has 7 N–H and O–H groups in total. The van der Waals surface area contributed by atoms with E-state index in [1.165, 1.54) is 51.4 Å². The van der Waals surface area contributed by atoms with Gasteiger partial charge in [-0.2, -0.15) is 0 Å². The molecular formula is C56H90O15. The second-order valence-electron chi connectivity index (χ2n) is 18.1. The van der Waals surface area contributed by atoms with E-state index in [4.69, 9.17) is 28.4 Å². The maximum atomic E-state index is 13.0. The average Bonchev–Trinajstić information content (AvgIpc) is 3.36. The van der Waals surface area contributed by atoms with Gasteiger partial charge in [0.05, 0.1) is 19.8 Å². The summed E-state index contributed by atoms with van der Waals surface area (Å²) in [5.41, 5.74) is 0. The number of carbonyl (C=O) groups excluding carboxylic acids is 2. The first-order chi connectivity index (χ1) is 34.5. The Balaban J connectivity index is 1.79. The topological polar surface area (TPSA) is 231 Å². The number of allylic oxidation sites excluding steroid dienone is 16. The van der Waals surface area contributed by atoms with E-state index in [9.17, 15) is 45.3 Å². The summed E-state index contributed by atoms with van der Waals surface area (Å²) in [4.78, 5) is 25.7. The van der Waals surface area contributed by atoms with Gasteiger partial charge in [0.2, 0.25) is 0 Å². The number of carbonyl (C=O) groups is 2. The van der Waals surface area contributed by atoms with Gasteiger partial charge in [0, 0.05) is 12.8 Å². The van der Waals surface area contributed by atoms with E-state index in [0.29, 0.717) is 19.3 Å². The van der Waals surface area contributed by atoms with Crippen LogP contribution in [-0.4, -0.2) is 142 Å². The summed E-state index contributed by atoms with van der Waals surface area (Å²) in [5, 5.41) is 72.1. The van der Waals surface area contributed by atoms with Crippen LogP contribution in [0.3, 0.4) is 0 Å². The second kappa shape index (κ2) is 41.8. The highest BCUT2D eigenvalue weighted by atomic mass is 16.7. The molecule has 2 saturated heterocycles. The molecule has 11 atom stereocenters. The molecule has 0 amide bonds. The Labute approximate surface area is 424 Å². The van der Waals surface area contributed by atoms with E-state index >= 15 is 0 Å². The van der Waals surface area contributed by atoms with Crippen molar-refractivity contribution >= 4 is 11.9 Å². The number of esters is 2. The van der Waals surface area contributed by atoms with Crippen LogP contribution >= 0.6 is 0 Å². The number of hydrogen-bond donors (Lipinski definition) is 7. The van der Waals surface area contributed by atoms with Crippen molar-refractivity contribution in [1.29, 1.82) is 0 Å². The first-order valence-electron chi connectivity index (χ1n) is 26.4. The molecule has 2 rings (SSSR count). The lowest BCUT2D eigenvalue weighted by atomic mass is 9.98. The molecule has 0 aromatic carbocycles. The minimum atomic E-state index is -1.78. The van der Waals surface area contributed by atoms with Crippen LogP contribution < -0.4 is 0 Å². The molecule has 0 saturated carbocycles. The third-order valence-electron chi connectivity index (χ3n) is 11.9. The average molecular weight is 1000 g/mol. The highest BCUT2D eigenvalue weighted by molar-refractivity contribution is 5.70. The molecule has 2 aliphatic rings. The van der Waals surface area contributed by atoms with Crippen molar-refractivity contribution in [1.82, 2.24) is 0 Å². The van der Waals surface area contributed by atoms with Crippen LogP contribution in [0, 0.1) is 0 Å². The van der Waals surface area contributed by atoms with Gasteiger partial charge in [0.25, 0.3) is 0 Å². The normalized spacial score (nSPS) is 26.0. The van der Waals surface area contributed by atoms with Gasteiger partial charge in [-0.3, -0.25) is 9.59 Å². The maximum Gasteiger partial charge on any atom is 0.306 e. The fourth-order valence-corrected chi connectivity index (χ4v) is 7.61. The zero-order valence-electron chi connectivity index (χ0n) is 42.7. The van der Waals surface area contributed by atoms with Gasteiger partial charge in [-0.15, -0.1) is 0 Å². The van der Waals surface area contributed by atoms with Crippen LogP contribution in [0.2, 0.25) is 0 Å². The van der Waals surface area contributed by atoms with Gasteiger partial charge in [-0.05, 0) is 64.2 Å². The summed E-state index contributed by atoms with van der Waals surface area (Å²) in [7, 11) is 0. The van der Waals surface area contributed by atoms with Crippen molar-refractivity contribution in [3.8, 4) is 0 Å². The van der Waals surface area contributed by atoms with Gasteiger partial charge >= 0.3 is 11.9 Å². The van der Waals surface area contributed by atoms with Crippen LogP contribution in [0.1, 0.15) is 149 Å². The molecule has 2 heterocycles. The smallest absolute Gasteiger partial charge is 0.306 e. The van der Waals surface area contributed by atoms with Crippen LogP contribution in [-0.2, 0) is 38.0 Å². The van der Waals surface area contributed by atoms with Crippen molar-refractivity contribution in [2.45, 2.75) is 216 Å². The van der Waals surface area contributed by atoms with E-state index in [2.05, 4.69) is 56.4 Å². The van der Waals surface area contributed by atoms with E-state index in [1.807, 2.05) is 54.7 Å². The highest BCUT2D eigenvalue weighted by Gasteiger charge is 2.47. The largest absolute Gasteiger partial charge is 0.462 e. The van der Waals surface area contributed by atoms with Gasteiger partial charge in [-0.1, -0.05) is 169 Å². The number of rotatable bonds is 39. The highest BCUT2D eigenvalue weighted by Crippen LogP contribution is 2.26. The fraction of sp³-hybridized carbons (Fsp3) is 0.679. The number of aliphatic hydroxyl groups is 7. The quantitative estimate of drug-likeness (QED) is 0.0135. The second-order valence-corrected chi connectivity index (χ2v) is 18.1. The molecule has 15 heteroatoms. The molecular weight excluding hydrogens is 913 g/mol. The molecule has 15 nitrogen and oxygen atoms in total.